The summed E-state index contributed by atoms with van der Waals surface area (Å²) in [4.78, 5) is 15.4. The van der Waals surface area contributed by atoms with Gasteiger partial charge in [0.1, 0.15) is 0 Å². The second-order valence-electron chi connectivity index (χ2n) is 6.19. The number of aryl methyl sites for hydroxylation is 1. The lowest BCUT2D eigenvalue weighted by molar-refractivity contribution is 0.110. The van der Waals surface area contributed by atoms with Gasteiger partial charge in [0.15, 0.2) is 0 Å². The third-order valence-corrected chi connectivity index (χ3v) is 5.58. The van der Waals surface area contributed by atoms with Crippen molar-refractivity contribution in [3.05, 3.63) is 29.8 Å². The lowest BCUT2D eigenvalue weighted by Crippen LogP contribution is -2.45. The molecule has 2 amide bonds. The van der Waals surface area contributed by atoms with Crippen molar-refractivity contribution in [2.45, 2.75) is 49.4 Å². The standard InChI is InChI=1S/C18H28N2O2S/c1-14-5-4-6-17(13-14)23-16-8-11-20(12-9-16)18(21)19-10-7-15(2)22-3/h4-6,13,15-16H,7-12H2,1-3H3,(H,19,21)/t15-/m0/s1. The summed E-state index contributed by atoms with van der Waals surface area (Å²) < 4.78 is 5.19. The van der Waals surface area contributed by atoms with Crippen LogP contribution in [0, 0.1) is 6.92 Å². The molecule has 5 heteroatoms. The van der Waals surface area contributed by atoms with E-state index in [1.807, 2.05) is 23.6 Å². The van der Waals surface area contributed by atoms with Crippen LogP contribution in [0.4, 0.5) is 4.79 Å². The number of nitrogens with zero attached hydrogens (tertiary/aromatic N) is 1. The highest BCUT2D eigenvalue weighted by Gasteiger charge is 2.23. The number of ether oxygens (including phenoxy) is 1. The van der Waals surface area contributed by atoms with E-state index in [4.69, 9.17) is 4.74 Å². The molecule has 1 atom stereocenters. The van der Waals surface area contributed by atoms with Crippen LogP contribution in [0.3, 0.4) is 0 Å². The number of hydrogen-bond donors (Lipinski definition) is 1. The second kappa shape index (κ2) is 9.18. The van der Waals surface area contributed by atoms with Crippen LogP contribution < -0.4 is 5.32 Å². The Morgan fingerprint density at radius 3 is 2.83 bits per heavy atom. The van der Waals surface area contributed by atoms with E-state index < -0.39 is 0 Å². The number of nitrogens with one attached hydrogen (secondary N) is 1. The highest BCUT2D eigenvalue weighted by Crippen LogP contribution is 2.30. The summed E-state index contributed by atoms with van der Waals surface area (Å²) in [5.74, 6) is 0. The molecule has 1 N–H and O–H groups in total. The molecule has 1 aromatic carbocycles. The Labute approximate surface area is 144 Å². The Kier molecular flexibility index (Phi) is 7.24. The van der Waals surface area contributed by atoms with Gasteiger partial charge >= 0.3 is 6.03 Å². The average molecular weight is 337 g/mol. The van der Waals surface area contributed by atoms with Crippen molar-refractivity contribution in [2.24, 2.45) is 0 Å². The zero-order valence-corrected chi connectivity index (χ0v) is 15.2. The number of methoxy groups -OCH3 is 1. The predicted molar refractivity (Wildman–Crippen MR) is 96.1 cm³/mol. The summed E-state index contributed by atoms with van der Waals surface area (Å²) in [5, 5.41) is 3.60. The Morgan fingerprint density at radius 2 is 2.17 bits per heavy atom. The van der Waals surface area contributed by atoms with E-state index in [-0.39, 0.29) is 12.1 Å². The van der Waals surface area contributed by atoms with Gasteiger partial charge in [-0.05, 0) is 45.2 Å². The number of benzene rings is 1. The van der Waals surface area contributed by atoms with Gasteiger partial charge in [0.25, 0.3) is 0 Å². The molecule has 1 aliphatic rings. The Hall–Kier alpha value is -1.20. The number of thioether (sulfide) groups is 1. The van der Waals surface area contributed by atoms with E-state index in [1.54, 1.807) is 7.11 Å². The van der Waals surface area contributed by atoms with Crippen LogP contribution in [0.15, 0.2) is 29.2 Å². The molecule has 1 saturated heterocycles. The first-order valence-electron chi connectivity index (χ1n) is 8.37. The van der Waals surface area contributed by atoms with Gasteiger partial charge in [-0.1, -0.05) is 17.7 Å². The van der Waals surface area contributed by atoms with Gasteiger partial charge in [-0.3, -0.25) is 0 Å². The molecule has 1 heterocycles. The van der Waals surface area contributed by atoms with Crippen molar-refractivity contribution in [3.8, 4) is 0 Å². The van der Waals surface area contributed by atoms with Gasteiger partial charge in [0.05, 0.1) is 6.10 Å². The number of carbonyl (C=O) groups excluding carboxylic acids is 1. The molecule has 128 valence electrons. The van der Waals surface area contributed by atoms with Crippen LogP contribution in [0.25, 0.3) is 0 Å². The van der Waals surface area contributed by atoms with Gasteiger partial charge in [0.2, 0.25) is 0 Å². The van der Waals surface area contributed by atoms with Gasteiger partial charge in [-0.2, -0.15) is 0 Å². The van der Waals surface area contributed by atoms with Gasteiger partial charge in [0, 0.05) is 36.9 Å². The highest BCUT2D eigenvalue weighted by molar-refractivity contribution is 8.00. The predicted octanol–water partition coefficient (Wildman–Crippen LogP) is 3.69. The second-order valence-corrected chi connectivity index (χ2v) is 7.56. The molecule has 0 unspecified atom stereocenters. The van der Waals surface area contributed by atoms with Crippen LogP contribution in [-0.2, 0) is 4.74 Å². The zero-order valence-electron chi connectivity index (χ0n) is 14.4. The molecule has 0 radical (unpaired) electrons. The van der Waals surface area contributed by atoms with Crippen LogP contribution in [-0.4, -0.2) is 49.0 Å². The number of hydrogen-bond acceptors (Lipinski definition) is 3. The van der Waals surface area contributed by atoms with E-state index in [1.165, 1.54) is 10.5 Å². The van der Waals surface area contributed by atoms with Crippen molar-refractivity contribution < 1.29 is 9.53 Å². The van der Waals surface area contributed by atoms with Crippen LogP contribution in [0.2, 0.25) is 0 Å². The first kappa shape index (κ1) is 18.1. The molecule has 0 bridgehead atoms. The minimum Gasteiger partial charge on any atom is -0.382 e. The summed E-state index contributed by atoms with van der Waals surface area (Å²) >= 11 is 1.94. The van der Waals surface area contributed by atoms with E-state index in [0.29, 0.717) is 11.8 Å². The summed E-state index contributed by atoms with van der Waals surface area (Å²) in [6.07, 6.45) is 3.15. The number of urea groups is 1. The van der Waals surface area contributed by atoms with Crippen molar-refractivity contribution in [1.82, 2.24) is 10.2 Å². The number of piperidine rings is 1. The zero-order chi connectivity index (χ0) is 16.7. The lowest BCUT2D eigenvalue weighted by atomic mass is 10.1. The maximum Gasteiger partial charge on any atom is 0.317 e. The van der Waals surface area contributed by atoms with Crippen LogP contribution >= 0.6 is 11.8 Å². The molecule has 0 aromatic heterocycles. The van der Waals surface area contributed by atoms with Gasteiger partial charge in [-0.25, -0.2) is 4.79 Å². The Morgan fingerprint density at radius 1 is 1.43 bits per heavy atom. The average Bonchev–Trinajstić information content (AvgIpc) is 2.55. The van der Waals surface area contributed by atoms with Gasteiger partial charge in [-0.15, -0.1) is 11.8 Å². The fourth-order valence-corrected chi connectivity index (χ4v) is 3.91. The smallest absolute Gasteiger partial charge is 0.317 e. The van der Waals surface area contributed by atoms with E-state index in [2.05, 4.69) is 36.5 Å². The first-order valence-corrected chi connectivity index (χ1v) is 9.25. The molecule has 0 aliphatic carbocycles. The van der Waals surface area contributed by atoms with Crippen molar-refractivity contribution >= 4 is 17.8 Å². The number of carbonyl (C=O) groups is 1. The summed E-state index contributed by atoms with van der Waals surface area (Å²) in [6.45, 7) is 6.50. The minimum absolute atomic E-state index is 0.0623. The van der Waals surface area contributed by atoms with E-state index >= 15 is 0 Å². The molecular formula is C18H28N2O2S. The quantitative estimate of drug-likeness (QED) is 0.861. The monoisotopic (exact) mass is 336 g/mol. The Bertz CT molecular complexity index is 502. The number of rotatable bonds is 6. The maximum atomic E-state index is 12.1. The SMILES string of the molecule is CO[C@@H](C)CCNC(=O)N1CCC(Sc2cccc(C)c2)CC1. The maximum absolute atomic E-state index is 12.1. The molecule has 23 heavy (non-hydrogen) atoms. The molecule has 0 saturated carbocycles. The van der Waals surface area contributed by atoms with Crippen molar-refractivity contribution in [3.63, 3.8) is 0 Å². The molecule has 1 aromatic rings. The van der Waals surface area contributed by atoms with E-state index in [9.17, 15) is 4.79 Å². The highest BCUT2D eigenvalue weighted by atomic mass is 32.2. The van der Waals surface area contributed by atoms with Crippen LogP contribution in [0.1, 0.15) is 31.7 Å². The van der Waals surface area contributed by atoms with Crippen LogP contribution in [0.5, 0.6) is 0 Å². The topological polar surface area (TPSA) is 41.6 Å². The molecule has 1 fully saturated rings. The molecular weight excluding hydrogens is 308 g/mol. The molecule has 1 aliphatic heterocycles. The summed E-state index contributed by atoms with van der Waals surface area (Å²) in [5.41, 5.74) is 1.30. The fraction of sp³-hybridized carbons (Fsp3) is 0.611. The molecule has 2 rings (SSSR count). The Balaban J connectivity index is 1.70. The summed E-state index contributed by atoms with van der Waals surface area (Å²) in [7, 11) is 1.70. The normalized spacial score (nSPS) is 17.1. The molecule has 4 nitrogen and oxygen atoms in total. The van der Waals surface area contributed by atoms with Crippen molar-refractivity contribution in [2.75, 3.05) is 26.7 Å². The number of amides is 2. The van der Waals surface area contributed by atoms with E-state index in [0.717, 1.165) is 32.4 Å². The van der Waals surface area contributed by atoms with Gasteiger partial charge < -0.3 is 15.0 Å². The molecule has 0 spiro atoms. The largest absolute Gasteiger partial charge is 0.382 e. The first-order chi connectivity index (χ1) is 11.1. The summed E-state index contributed by atoms with van der Waals surface area (Å²) in [6, 6.07) is 8.71. The third kappa shape index (κ3) is 6.07. The fourth-order valence-electron chi connectivity index (χ4n) is 2.67. The minimum atomic E-state index is 0.0623. The lowest BCUT2D eigenvalue weighted by Gasteiger charge is -2.31. The number of likely N-dealkylation sites (tertiary alicyclic amines) is 1. The van der Waals surface area contributed by atoms with Crippen molar-refractivity contribution in [1.29, 1.82) is 0 Å². The third-order valence-electron chi connectivity index (χ3n) is 4.25.